The van der Waals surface area contributed by atoms with Crippen LogP contribution in [0, 0.1) is 0 Å². The summed E-state index contributed by atoms with van der Waals surface area (Å²) in [6, 6.07) is 44.2. The molecular formula is C37H21NS2. The van der Waals surface area contributed by atoms with Gasteiger partial charge >= 0.3 is 0 Å². The van der Waals surface area contributed by atoms with Gasteiger partial charge in [-0.15, -0.1) is 22.7 Å². The number of thiophene rings is 2. The van der Waals surface area contributed by atoms with E-state index in [-0.39, 0.29) is 0 Å². The molecule has 9 aromatic rings. The molecule has 0 saturated carbocycles. The third-order valence-corrected chi connectivity index (χ3v) is 10.6. The number of pyridine rings is 1. The first kappa shape index (κ1) is 22.3. The Labute approximate surface area is 238 Å². The van der Waals surface area contributed by atoms with Crippen LogP contribution in [-0.4, -0.2) is 4.98 Å². The molecule has 0 aliphatic carbocycles. The summed E-state index contributed by atoms with van der Waals surface area (Å²) in [6.07, 6.45) is 1.94. The van der Waals surface area contributed by atoms with Crippen LogP contribution in [0.2, 0.25) is 0 Å². The van der Waals surface area contributed by atoms with Gasteiger partial charge in [-0.05, 0) is 29.0 Å². The number of hydrogen-bond acceptors (Lipinski definition) is 3. The highest BCUT2D eigenvalue weighted by molar-refractivity contribution is 7.26. The van der Waals surface area contributed by atoms with Gasteiger partial charge in [-0.25, -0.2) is 0 Å². The van der Waals surface area contributed by atoms with Gasteiger partial charge < -0.3 is 0 Å². The maximum Gasteiger partial charge on any atom is 0.0793 e. The summed E-state index contributed by atoms with van der Waals surface area (Å²) < 4.78 is 5.29. The molecule has 0 aliphatic rings. The quantitative estimate of drug-likeness (QED) is 0.198. The molecule has 0 saturated heterocycles. The van der Waals surface area contributed by atoms with E-state index in [1.54, 1.807) is 0 Å². The summed E-state index contributed by atoms with van der Waals surface area (Å²) >= 11 is 3.77. The van der Waals surface area contributed by atoms with E-state index in [4.69, 9.17) is 4.98 Å². The lowest BCUT2D eigenvalue weighted by Crippen LogP contribution is -1.92. The first-order valence-corrected chi connectivity index (χ1v) is 15.1. The number of benzene rings is 6. The maximum absolute atomic E-state index is 5.09. The van der Waals surface area contributed by atoms with E-state index in [0.29, 0.717) is 0 Å². The third-order valence-electron chi connectivity index (χ3n) is 8.13. The van der Waals surface area contributed by atoms with E-state index in [1.807, 2.05) is 28.9 Å². The van der Waals surface area contributed by atoms with Crippen molar-refractivity contribution in [3.8, 4) is 22.3 Å². The number of aromatic nitrogens is 1. The zero-order valence-corrected chi connectivity index (χ0v) is 23.0. The summed E-state index contributed by atoms with van der Waals surface area (Å²) in [6.45, 7) is 0. The number of rotatable bonds is 2. The van der Waals surface area contributed by atoms with Crippen molar-refractivity contribution in [2.45, 2.75) is 0 Å². The van der Waals surface area contributed by atoms with Crippen LogP contribution in [0.5, 0.6) is 0 Å². The van der Waals surface area contributed by atoms with Crippen molar-refractivity contribution >= 4 is 84.7 Å². The second kappa shape index (κ2) is 8.46. The molecule has 0 spiro atoms. The number of fused-ring (bicyclic) bond motifs is 8. The molecule has 0 radical (unpaired) electrons. The van der Waals surface area contributed by atoms with Gasteiger partial charge in [-0.1, -0.05) is 103 Å². The van der Waals surface area contributed by atoms with Gasteiger partial charge in [0.05, 0.1) is 5.52 Å². The lowest BCUT2D eigenvalue weighted by atomic mass is 9.87. The van der Waals surface area contributed by atoms with Crippen molar-refractivity contribution in [2.24, 2.45) is 0 Å². The summed E-state index contributed by atoms with van der Waals surface area (Å²) in [5.74, 6) is 0. The minimum Gasteiger partial charge on any atom is -0.256 e. The van der Waals surface area contributed by atoms with Crippen molar-refractivity contribution in [1.82, 2.24) is 4.98 Å². The van der Waals surface area contributed by atoms with Gasteiger partial charge in [0, 0.05) is 74.2 Å². The maximum atomic E-state index is 5.09. The molecule has 0 atom stereocenters. The summed E-state index contributed by atoms with van der Waals surface area (Å²) in [5, 5.41) is 8.97. The first-order valence-electron chi connectivity index (χ1n) is 13.5. The molecule has 186 valence electrons. The second-order valence-corrected chi connectivity index (χ2v) is 12.4. The molecule has 0 bridgehead atoms. The van der Waals surface area contributed by atoms with E-state index < -0.39 is 0 Å². The average molecular weight is 544 g/mol. The van der Waals surface area contributed by atoms with Gasteiger partial charge in [0.25, 0.3) is 0 Å². The number of nitrogens with zero attached hydrogens (tertiary/aromatic N) is 1. The molecule has 0 aliphatic heterocycles. The summed E-state index contributed by atoms with van der Waals surface area (Å²) in [7, 11) is 0. The molecule has 0 unspecified atom stereocenters. The predicted molar refractivity (Wildman–Crippen MR) is 176 cm³/mol. The largest absolute Gasteiger partial charge is 0.256 e. The Balaban J connectivity index is 1.46. The molecule has 3 heterocycles. The van der Waals surface area contributed by atoms with Gasteiger partial charge in [-0.3, -0.25) is 4.98 Å². The van der Waals surface area contributed by atoms with Crippen molar-refractivity contribution in [2.75, 3.05) is 0 Å². The van der Waals surface area contributed by atoms with Crippen molar-refractivity contribution in [3.63, 3.8) is 0 Å². The molecule has 0 amide bonds. The van der Waals surface area contributed by atoms with Gasteiger partial charge in [0.15, 0.2) is 0 Å². The molecular weight excluding hydrogens is 523 g/mol. The fourth-order valence-electron chi connectivity index (χ4n) is 6.45. The van der Waals surface area contributed by atoms with Crippen molar-refractivity contribution in [1.29, 1.82) is 0 Å². The van der Waals surface area contributed by atoms with Crippen LogP contribution >= 0.6 is 22.7 Å². The Hall–Kier alpha value is -4.57. The normalized spacial score (nSPS) is 12.0. The smallest absolute Gasteiger partial charge is 0.0793 e. The van der Waals surface area contributed by atoms with Crippen LogP contribution in [0.3, 0.4) is 0 Å². The van der Waals surface area contributed by atoms with Gasteiger partial charge in [0.2, 0.25) is 0 Å². The zero-order valence-electron chi connectivity index (χ0n) is 21.4. The molecule has 40 heavy (non-hydrogen) atoms. The second-order valence-electron chi connectivity index (χ2n) is 10.3. The highest BCUT2D eigenvalue weighted by Gasteiger charge is 2.21. The third kappa shape index (κ3) is 3.05. The van der Waals surface area contributed by atoms with Crippen LogP contribution in [0.25, 0.3) is 84.3 Å². The number of hydrogen-bond donors (Lipinski definition) is 0. The minimum absolute atomic E-state index is 1.05. The first-order chi connectivity index (χ1) is 19.9. The lowest BCUT2D eigenvalue weighted by molar-refractivity contribution is 1.42. The van der Waals surface area contributed by atoms with Crippen LogP contribution < -0.4 is 0 Å². The van der Waals surface area contributed by atoms with Crippen LogP contribution in [0.4, 0.5) is 0 Å². The van der Waals surface area contributed by atoms with Crippen molar-refractivity contribution in [3.05, 3.63) is 128 Å². The molecule has 1 nitrogen and oxygen atoms in total. The molecule has 6 aromatic carbocycles. The Kier molecular flexibility index (Phi) is 4.71. The fraction of sp³-hybridized carbons (Fsp3) is 0. The Bertz CT molecular complexity index is 2220. The van der Waals surface area contributed by atoms with E-state index in [9.17, 15) is 0 Å². The average Bonchev–Trinajstić information content (AvgIpc) is 3.59. The Morgan fingerprint density at radius 2 is 0.850 bits per heavy atom. The SMILES string of the molecule is c1ccc2c(c1)sc1c(-c3c4ccccc4c(-c4cccc5c4sc4ccccc45)c4ncccc34)cccc12. The monoisotopic (exact) mass is 543 g/mol. The lowest BCUT2D eigenvalue weighted by Gasteiger charge is -2.17. The van der Waals surface area contributed by atoms with Crippen LogP contribution in [0.1, 0.15) is 0 Å². The highest BCUT2D eigenvalue weighted by atomic mass is 32.1. The van der Waals surface area contributed by atoms with Gasteiger partial charge in [0.1, 0.15) is 0 Å². The predicted octanol–water partition coefficient (Wildman–Crippen LogP) is 11.5. The molecule has 3 aromatic heterocycles. The van der Waals surface area contributed by atoms with Crippen LogP contribution in [-0.2, 0) is 0 Å². The van der Waals surface area contributed by atoms with E-state index in [2.05, 4.69) is 121 Å². The fourth-order valence-corrected chi connectivity index (χ4v) is 8.89. The van der Waals surface area contributed by atoms with E-state index >= 15 is 0 Å². The molecule has 0 N–H and O–H groups in total. The minimum atomic E-state index is 1.05. The standard InChI is InChI=1S/C37H21NS2/c1-2-13-25-24(12-1)33(29-16-7-14-26-22-10-3-5-19-31(22)39-36(26)29)28-18-9-21-38-35(28)34(25)30-17-8-15-27-23-11-4-6-20-32(23)40-37(27)30/h1-21H. The topological polar surface area (TPSA) is 12.9 Å². The Morgan fingerprint density at radius 1 is 0.375 bits per heavy atom. The molecule has 0 fully saturated rings. The highest BCUT2D eigenvalue weighted by Crippen LogP contribution is 2.49. The van der Waals surface area contributed by atoms with Crippen LogP contribution in [0.15, 0.2) is 128 Å². The van der Waals surface area contributed by atoms with E-state index in [0.717, 1.165) is 5.52 Å². The zero-order chi connectivity index (χ0) is 26.2. The summed E-state index contributed by atoms with van der Waals surface area (Å²) in [4.78, 5) is 5.09. The summed E-state index contributed by atoms with van der Waals surface area (Å²) in [5.41, 5.74) is 6.07. The molecule has 9 rings (SSSR count). The Morgan fingerprint density at radius 3 is 1.48 bits per heavy atom. The van der Waals surface area contributed by atoms with Gasteiger partial charge in [-0.2, -0.15) is 0 Å². The van der Waals surface area contributed by atoms with E-state index in [1.165, 1.54) is 78.8 Å². The van der Waals surface area contributed by atoms with Crippen molar-refractivity contribution < 1.29 is 0 Å². The molecule has 3 heteroatoms.